The monoisotopic (exact) mass is 297 g/mol. The smallest absolute Gasteiger partial charge is 0.245 e. The molecule has 3 N–H and O–H groups in total. The lowest BCUT2D eigenvalue weighted by Crippen LogP contribution is -2.39. The first-order valence-corrected chi connectivity index (χ1v) is 8.46. The summed E-state index contributed by atoms with van der Waals surface area (Å²) in [6.07, 6.45) is 1.85. The Balaban J connectivity index is 2.20. The normalized spacial score (nSPS) is 18.4. The number of hydrazine groups is 1. The van der Waals surface area contributed by atoms with Crippen molar-refractivity contribution in [2.45, 2.75) is 31.6 Å². The van der Waals surface area contributed by atoms with Crippen LogP contribution in [-0.2, 0) is 10.0 Å². The van der Waals surface area contributed by atoms with Crippen LogP contribution in [-0.4, -0.2) is 25.8 Å². The lowest BCUT2D eigenvalue weighted by atomic mass is 9.87. The predicted octanol–water partition coefficient (Wildman–Crippen LogP) is 2.03. The van der Waals surface area contributed by atoms with Gasteiger partial charge in [-0.05, 0) is 36.8 Å². The van der Waals surface area contributed by atoms with Crippen molar-refractivity contribution in [2.75, 3.05) is 18.5 Å². The summed E-state index contributed by atoms with van der Waals surface area (Å²) in [5.41, 5.74) is 2.90. The second-order valence-electron chi connectivity index (χ2n) is 5.63. The molecule has 1 fully saturated rings. The molecule has 20 heavy (non-hydrogen) atoms. The Morgan fingerprint density at radius 2 is 1.85 bits per heavy atom. The van der Waals surface area contributed by atoms with Gasteiger partial charge in [-0.15, -0.1) is 0 Å². The molecule has 112 valence electrons. The molecular weight excluding hydrogens is 274 g/mol. The van der Waals surface area contributed by atoms with E-state index in [4.69, 9.17) is 5.84 Å². The zero-order chi connectivity index (χ0) is 14.8. The molecule has 1 aromatic carbocycles. The number of nitrogens with two attached hydrogens (primary N) is 1. The summed E-state index contributed by atoms with van der Waals surface area (Å²) in [5, 5.41) is 0. The van der Waals surface area contributed by atoms with Crippen molar-refractivity contribution in [3.05, 3.63) is 24.3 Å². The zero-order valence-electron chi connectivity index (χ0n) is 12.0. The van der Waals surface area contributed by atoms with Crippen molar-refractivity contribution < 1.29 is 8.42 Å². The summed E-state index contributed by atoms with van der Waals surface area (Å²) >= 11 is 0. The number of piperidine rings is 1. The fourth-order valence-electron chi connectivity index (χ4n) is 2.73. The Kier molecular flexibility index (Phi) is 4.67. The van der Waals surface area contributed by atoms with E-state index in [-0.39, 0.29) is 4.90 Å². The second-order valence-corrected chi connectivity index (χ2v) is 7.53. The van der Waals surface area contributed by atoms with Crippen molar-refractivity contribution in [1.29, 1.82) is 0 Å². The number of hydrogen-bond acceptors (Lipinski definition) is 4. The van der Waals surface area contributed by atoms with E-state index >= 15 is 0 Å². The molecule has 0 amide bonds. The molecule has 5 nitrogen and oxygen atoms in total. The largest absolute Gasteiger partial charge is 0.323 e. The summed E-state index contributed by atoms with van der Waals surface area (Å²) in [7, 11) is -3.46. The van der Waals surface area contributed by atoms with Gasteiger partial charge >= 0.3 is 0 Å². The molecular formula is C14H23N3O2S. The van der Waals surface area contributed by atoms with Crippen molar-refractivity contribution in [2.24, 2.45) is 17.7 Å². The van der Waals surface area contributed by atoms with Gasteiger partial charge in [-0.1, -0.05) is 26.0 Å². The zero-order valence-corrected chi connectivity index (χ0v) is 12.9. The summed E-state index contributed by atoms with van der Waals surface area (Å²) in [6, 6.07) is 6.75. The van der Waals surface area contributed by atoms with Gasteiger partial charge in [-0.2, -0.15) is 4.31 Å². The Bertz CT molecular complexity index is 549. The minimum atomic E-state index is -3.46. The molecule has 1 aliphatic heterocycles. The Morgan fingerprint density at radius 1 is 1.25 bits per heavy atom. The fourth-order valence-corrected chi connectivity index (χ4v) is 4.36. The highest BCUT2D eigenvalue weighted by Crippen LogP contribution is 2.30. The van der Waals surface area contributed by atoms with E-state index < -0.39 is 10.0 Å². The molecule has 1 heterocycles. The molecule has 0 spiro atoms. The molecule has 1 saturated heterocycles. The van der Waals surface area contributed by atoms with Crippen molar-refractivity contribution in [3.8, 4) is 0 Å². The van der Waals surface area contributed by atoms with Crippen LogP contribution in [0.25, 0.3) is 0 Å². The summed E-state index contributed by atoms with van der Waals surface area (Å²) < 4.78 is 26.9. The highest BCUT2D eigenvalue weighted by Gasteiger charge is 2.31. The number of anilines is 1. The molecule has 1 aliphatic rings. The van der Waals surface area contributed by atoms with E-state index in [1.165, 1.54) is 0 Å². The lowest BCUT2D eigenvalue weighted by molar-refractivity contribution is 0.226. The number of benzene rings is 1. The first kappa shape index (κ1) is 15.3. The molecule has 0 unspecified atom stereocenters. The van der Waals surface area contributed by atoms with Gasteiger partial charge in [0.1, 0.15) is 4.90 Å². The van der Waals surface area contributed by atoms with Gasteiger partial charge in [-0.3, -0.25) is 5.84 Å². The van der Waals surface area contributed by atoms with Crippen LogP contribution in [0.15, 0.2) is 29.2 Å². The lowest BCUT2D eigenvalue weighted by Gasteiger charge is -2.33. The number of nitrogens with one attached hydrogen (secondary N) is 1. The van der Waals surface area contributed by atoms with E-state index in [9.17, 15) is 8.42 Å². The maximum atomic E-state index is 12.7. The van der Waals surface area contributed by atoms with Gasteiger partial charge < -0.3 is 5.43 Å². The molecule has 1 aromatic rings. The number of para-hydroxylation sites is 1. The van der Waals surface area contributed by atoms with E-state index in [1.54, 1.807) is 28.6 Å². The first-order chi connectivity index (χ1) is 9.46. The quantitative estimate of drug-likeness (QED) is 0.658. The van der Waals surface area contributed by atoms with Crippen LogP contribution in [0, 0.1) is 11.8 Å². The maximum Gasteiger partial charge on any atom is 0.245 e. The van der Waals surface area contributed by atoms with E-state index in [0.29, 0.717) is 30.6 Å². The van der Waals surface area contributed by atoms with Crippen LogP contribution in [0.5, 0.6) is 0 Å². The SMILES string of the molecule is CC(C)C1CCN(S(=O)(=O)c2ccccc2NN)CC1. The van der Waals surface area contributed by atoms with Crippen LogP contribution in [0.3, 0.4) is 0 Å². The van der Waals surface area contributed by atoms with Crippen LogP contribution >= 0.6 is 0 Å². The molecule has 0 radical (unpaired) electrons. The molecule has 0 bridgehead atoms. The van der Waals surface area contributed by atoms with Crippen molar-refractivity contribution >= 4 is 15.7 Å². The Hall–Kier alpha value is -1.11. The number of nitrogens with zero attached hydrogens (tertiary/aromatic N) is 1. The fraction of sp³-hybridized carbons (Fsp3) is 0.571. The third-order valence-corrected chi connectivity index (χ3v) is 6.06. The van der Waals surface area contributed by atoms with E-state index in [1.807, 2.05) is 0 Å². The molecule has 0 aromatic heterocycles. The minimum absolute atomic E-state index is 0.255. The highest BCUT2D eigenvalue weighted by molar-refractivity contribution is 7.89. The number of nitrogen functional groups attached to an aromatic ring is 1. The molecule has 0 atom stereocenters. The number of rotatable bonds is 4. The van der Waals surface area contributed by atoms with Gasteiger partial charge in [0.05, 0.1) is 5.69 Å². The van der Waals surface area contributed by atoms with Crippen molar-refractivity contribution in [1.82, 2.24) is 4.31 Å². The van der Waals surface area contributed by atoms with E-state index in [0.717, 1.165) is 12.8 Å². The highest BCUT2D eigenvalue weighted by atomic mass is 32.2. The summed E-state index contributed by atoms with van der Waals surface area (Å²) in [5.74, 6) is 6.63. The summed E-state index contributed by atoms with van der Waals surface area (Å²) in [4.78, 5) is 0.255. The predicted molar refractivity (Wildman–Crippen MR) is 80.6 cm³/mol. The van der Waals surface area contributed by atoms with Gasteiger partial charge in [0.25, 0.3) is 0 Å². The Morgan fingerprint density at radius 3 is 2.40 bits per heavy atom. The van der Waals surface area contributed by atoms with Gasteiger partial charge in [-0.25, -0.2) is 8.42 Å². The molecule has 0 aliphatic carbocycles. The van der Waals surface area contributed by atoms with Crippen LogP contribution in [0.2, 0.25) is 0 Å². The van der Waals surface area contributed by atoms with Gasteiger partial charge in [0.2, 0.25) is 10.0 Å². The standard InChI is InChI=1S/C14H23N3O2S/c1-11(2)12-7-9-17(10-8-12)20(18,19)14-6-4-3-5-13(14)16-15/h3-6,11-12,16H,7-10,15H2,1-2H3. The summed E-state index contributed by atoms with van der Waals surface area (Å²) in [6.45, 7) is 5.57. The van der Waals surface area contributed by atoms with Crippen LogP contribution < -0.4 is 11.3 Å². The third-order valence-electron chi connectivity index (χ3n) is 4.10. The van der Waals surface area contributed by atoms with Gasteiger partial charge in [0, 0.05) is 13.1 Å². The number of sulfonamides is 1. The van der Waals surface area contributed by atoms with Crippen LogP contribution in [0.4, 0.5) is 5.69 Å². The first-order valence-electron chi connectivity index (χ1n) is 7.02. The maximum absolute atomic E-state index is 12.7. The minimum Gasteiger partial charge on any atom is -0.323 e. The van der Waals surface area contributed by atoms with Gasteiger partial charge in [0.15, 0.2) is 0 Å². The van der Waals surface area contributed by atoms with Crippen molar-refractivity contribution in [3.63, 3.8) is 0 Å². The molecule has 6 heteroatoms. The van der Waals surface area contributed by atoms with E-state index in [2.05, 4.69) is 19.3 Å². The average Bonchev–Trinajstić information content (AvgIpc) is 2.47. The second kappa shape index (κ2) is 6.11. The topological polar surface area (TPSA) is 75.4 Å². The Labute approximate surface area is 121 Å². The molecule has 2 rings (SSSR count). The third kappa shape index (κ3) is 2.97. The van der Waals surface area contributed by atoms with Crippen LogP contribution in [0.1, 0.15) is 26.7 Å². The molecule has 0 saturated carbocycles. The number of hydrogen-bond donors (Lipinski definition) is 2. The average molecular weight is 297 g/mol.